The minimum Gasteiger partial charge on any atom is -0.394 e. The Balaban J connectivity index is 1.31. The Bertz CT molecular complexity index is 1070. The first-order valence-corrected chi connectivity index (χ1v) is 11.1. The van der Waals surface area contributed by atoms with Gasteiger partial charge in [-0.3, -0.25) is 4.79 Å². The van der Waals surface area contributed by atoms with Crippen LogP contribution in [-0.2, 0) is 11.2 Å². The molecule has 0 aromatic heterocycles. The highest BCUT2D eigenvalue weighted by Crippen LogP contribution is 2.55. The number of aliphatic imine (C=N–C) groups is 1. The van der Waals surface area contributed by atoms with E-state index in [0.717, 1.165) is 29.2 Å². The van der Waals surface area contributed by atoms with E-state index in [4.69, 9.17) is 16.6 Å². The van der Waals surface area contributed by atoms with Gasteiger partial charge in [-0.25, -0.2) is 9.38 Å². The molecule has 2 fully saturated rings. The highest BCUT2D eigenvalue weighted by molar-refractivity contribution is 6.34. The Morgan fingerprint density at radius 2 is 2.13 bits per heavy atom. The molecular weight excluding hydrogens is 417 g/mol. The van der Waals surface area contributed by atoms with E-state index in [1.54, 1.807) is 6.07 Å². The summed E-state index contributed by atoms with van der Waals surface area (Å²) >= 11 is 6.52. The molecule has 0 radical (unpaired) electrons. The van der Waals surface area contributed by atoms with Gasteiger partial charge in [0.1, 0.15) is 12.0 Å². The van der Waals surface area contributed by atoms with Crippen molar-refractivity contribution < 1.29 is 14.3 Å². The Hall–Kier alpha value is -2.44. The molecule has 1 aliphatic carbocycles. The van der Waals surface area contributed by atoms with E-state index in [-0.39, 0.29) is 31.9 Å². The van der Waals surface area contributed by atoms with E-state index < -0.39 is 12.2 Å². The zero-order valence-corrected chi connectivity index (χ0v) is 18.1. The summed E-state index contributed by atoms with van der Waals surface area (Å²) in [5.41, 5.74) is 5.07. The number of fused-ring (bicyclic) bond motifs is 3. The smallest absolute Gasteiger partial charge is 0.227 e. The van der Waals surface area contributed by atoms with Crippen molar-refractivity contribution in [3.63, 3.8) is 0 Å². The fourth-order valence-corrected chi connectivity index (χ4v) is 5.07. The van der Waals surface area contributed by atoms with Crippen molar-refractivity contribution in [1.29, 1.82) is 0 Å². The summed E-state index contributed by atoms with van der Waals surface area (Å²) in [6.07, 6.45) is 0.330. The molecule has 1 saturated carbocycles. The molecule has 7 heteroatoms. The number of aliphatic hydroxyl groups is 1. The van der Waals surface area contributed by atoms with Crippen molar-refractivity contribution in [2.45, 2.75) is 44.3 Å². The third-order valence-electron chi connectivity index (χ3n) is 6.59. The number of carbonyl (C=O) groups is 1. The topological polar surface area (TPSA) is 64.9 Å². The number of likely N-dealkylation sites (tertiary alicyclic amines) is 1. The van der Waals surface area contributed by atoms with Gasteiger partial charge in [0.15, 0.2) is 0 Å². The molecule has 2 heterocycles. The second-order valence-corrected chi connectivity index (χ2v) is 9.20. The molecule has 1 amide bonds. The predicted molar refractivity (Wildman–Crippen MR) is 120 cm³/mol. The number of amides is 1. The van der Waals surface area contributed by atoms with Crippen LogP contribution in [0.3, 0.4) is 0 Å². The second-order valence-electron chi connectivity index (χ2n) is 8.79. The molecule has 1 saturated heterocycles. The van der Waals surface area contributed by atoms with Gasteiger partial charge in [0.05, 0.1) is 42.0 Å². The number of benzene rings is 2. The SMILES string of the molecule is Cc1cccc2c1N=C(Nc1ccc(CC(=O)N3C[C@@H](F)C[C@H]3CO)cc1Cl)[C@@H]1CC21. The lowest BCUT2D eigenvalue weighted by Gasteiger charge is -2.23. The number of aryl methyl sites for hydroxylation is 1. The zero-order valence-electron chi connectivity index (χ0n) is 17.3. The summed E-state index contributed by atoms with van der Waals surface area (Å²) in [6.45, 7) is 1.90. The van der Waals surface area contributed by atoms with E-state index in [2.05, 4.69) is 30.4 Å². The molecule has 0 spiro atoms. The Labute approximate surface area is 185 Å². The fraction of sp³-hybridized carbons (Fsp3) is 0.417. The second kappa shape index (κ2) is 7.92. The van der Waals surface area contributed by atoms with Crippen LogP contribution in [-0.4, -0.2) is 47.1 Å². The van der Waals surface area contributed by atoms with Crippen molar-refractivity contribution >= 4 is 34.7 Å². The maximum absolute atomic E-state index is 13.7. The van der Waals surface area contributed by atoms with E-state index in [9.17, 15) is 14.3 Å². The number of halogens is 2. The monoisotopic (exact) mass is 441 g/mol. The quantitative estimate of drug-likeness (QED) is 0.740. The van der Waals surface area contributed by atoms with E-state index >= 15 is 0 Å². The van der Waals surface area contributed by atoms with Crippen LogP contribution in [0.15, 0.2) is 41.4 Å². The molecule has 2 aromatic rings. The summed E-state index contributed by atoms with van der Waals surface area (Å²) in [5, 5.41) is 13.3. The van der Waals surface area contributed by atoms with Gasteiger partial charge in [-0.2, -0.15) is 0 Å². The van der Waals surface area contributed by atoms with Gasteiger partial charge < -0.3 is 15.3 Å². The third kappa shape index (κ3) is 3.83. The summed E-state index contributed by atoms with van der Waals surface area (Å²) < 4.78 is 13.7. The fourth-order valence-electron chi connectivity index (χ4n) is 4.82. The average molecular weight is 442 g/mol. The van der Waals surface area contributed by atoms with Crippen molar-refractivity contribution in [1.82, 2.24) is 4.90 Å². The molecule has 0 bridgehead atoms. The van der Waals surface area contributed by atoms with Crippen molar-refractivity contribution in [3.05, 3.63) is 58.1 Å². The molecule has 4 atom stereocenters. The summed E-state index contributed by atoms with van der Waals surface area (Å²) in [5.74, 6) is 1.66. The minimum atomic E-state index is -1.08. The Morgan fingerprint density at radius 3 is 2.90 bits per heavy atom. The van der Waals surface area contributed by atoms with Crippen LogP contribution in [0, 0.1) is 12.8 Å². The maximum Gasteiger partial charge on any atom is 0.227 e. The summed E-state index contributed by atoms with van der Waals surface area (Å²) in [4.78, 5) is 18.9. The molecule has 2 N–H and O–H groups in total. The highest BCUT2D eigenvalue weighted by atomic mass is 35.5. The van der Waals surface area contributed by atoms with Crippen molar-refractivity contribution in [3.8, 4) is 0 Å². The van der Waals surface area contributed by atoms with Gasteiger partial charge >= 0.3 is 0 Å². The van der Waals surface area contributed by atoms with Crippen molar-refractivity contribution in [2.75, 3.05) is 18.5 Å². The van der Waals surface area contributed by atoms with Gasteiger partial charge in [0, 0.05) is 12.3 Å². The Kier molecular flexibility index (Phi) is 5.22. The predicted octanol–water partition coefficient (Wildman–Crippen LogP) is 4.38. The molecule has 2 aromatic carbocycles. The molecule has 5 rings (SSSR count). The van der Waals surface area contributed by atoms with Crippen LogP contribution in [0.25, 0.3) is 0 Å². The molecular formula is C24H25ClFN3O2. The summed E-state index contributed by atoms with van der Waals surface area (Å²) in [6, 6.07) is 11.4. The third-order valence-corrected chi connectivity index (χ3v) is 6.90. The number of nitrogens with zero attached hydrogens (tertiary/aromatic N) is 2. The van der Waals surface area contributed by atoms with Gasteiger partial charge in [0.2, 0.25) is 5.91 Å². The molecule has 5 nitrogen and oxygen atoms in total. The number of rotatable bonds is 4. The van der Waals surface area contributed by atoms with Crippen LogP contribution < -0.4 is 5.32 Å². The minimum absolute atomic E-state index is 0.0424. The van der Waals surface area contributed by atoms with Gasteiger partial charge in [-0.1, -0.05) is 35.9 Å². The lowest BCUT2D eigenvalue weighted by Crippen LogP contribution is -2.38. The van der Waals surface area contributed by atoms with Crippen LogP contribution in [0.2, 0.25) is 5.02 Å². The average Bonchev–Trinajstić information content (AvgIpc) is 3.46. The number of hydrogen-bond acceptors (Lipinski definition) is 4. The van der Waals surface area contributed by atoms with Crippen LogP contribution in [0.5, 0.6) is 0 Å². The maximum atomic E-state index is 13.7. The van der Waals surface area contributed by atoms with E-state index in [1.165, 1.54) is 16.0 Å². The summed E-state index contributed by atoms with van der Waals surface area (Å²) in [7, 11) is 0. The standard InChI is InChI=1S/C24H25ClFN3O2/c1-13-3-2-4-17-18-10-19(18)24(28-23(13)17)27-21-6-5-14(7-20(21)25)8-22(31)29-11-15(26)9-16(29)12-30/h2-7,15-16,18-19,30H,8-12H2,1H3,(H,27,28)/t15-,16-,18?,19+/m0/s1. The van der Waals surface area contributed by atoms with Gasteiger partial charge in [0.25, 0.3) is 0 Å². The number of carbonyl (C=O) groups excluding carboxylic acids is 1. The normalized spacial score (nSPS) is 26.2. The molecule has 162 valence electrons. The Morgan fingerprint density at radius 1 is 1.29 bits per heavy atom. The number of amidine groups is 1. The number of hydrogen-bond donors (Lipinski definition) is 2. The first-order valence-electron chi connectivity index (χ1n) is 10.7. The highest BCUT2D eigenvalue weighted by Gasteiger charge is 2.46. The number of anilines is 1. The first kappa shape index (κ1) is 20.5. The van der Waals surface area contributed by atoms with Crippen LogP contribution >= 0.6 is 11.6 Å². The number of nitrogens with one attached hydrogen (secondary N) is 1. The lowest BCUT2D eigenvalue weighted by atomic mass is 10.0. The van der Waals surface area contributed by atoms with E-state index in [0.29, 0.717) is 16.9 Å². The lowest BCUT2D eigenvalue weighted by molar-refractivity contribution is -0.132. The zero-order chi connectivity index (χ0) is 21.7. The number of alkyl halides is 1. The van der Waals surface area contributed by atoms with Crippen molar-refractivity contribution in [2.24, 2.45) is 10.9 Å². The van der Waals surface area contributed by atoms with E-state index in [1.807, 2.05) is 12.1 Å². The van der Waals surface area contributed by atoms with Gasteiger partial charge in [-0.15, -0.1) is 0 Å². The van der Waals surface area contributed by atoms with Crippen LogP contribution in [0.4, 0.5) is 15.8 Å². The van der Waals surface area contributed by atoms with Gasteiger partial charge in [-0.05, 0) is 48.1 Å². The first-order chi connectivity index (χ1) is 14.9. The van der Waals surface area contributed by atoms with Crippen LogP contribution in [0.1, 0.15) is 35.4 Å². The molecule has 2 aliphatic heterocycles. The molecule has 31 heavy (non-hydrogen) atoms. The number of aliphatic hydroxyl groups excluding tert-OH is 1. The largest absolute Gasteiger partial charge is 0.394 e. The molecule has 1 unspecified atom stereocenters. The molecule has 3 aliphatic rings. The number of para-hydroxylation sites is 1.